The second-order valence-electron chi connectivity index (χ2n) is 7.27. The maximum Gasteiger partial charge on any atom is 0.226 e. The molecule has 0 bridgehead atoms. The van der Waals surface area contributed by atoms with Gasteiger partial charge in [-0.2, -0.15) is 0 Å². The van der Waals surface area contributed by atoms with Gasteiger partial charge in [0.05, 0.1) is 12.2 Å². The van der Waals surface area contributed by atoms with Gasteiger partial charge in [-0.1, -0.05) is 42.5 Å². The first-order valence-corrected chi connectivity index (χ1v) is 9.94. The van der Waals surface area contributed by atoms with E-state index < -0.39 is 0 Å². The van der Waals surface area contributed by atoms with E-state index in [0.717, 1.165) is 35.9 Å². The first kappa shape index (κ1) is 19.2. The summed E-state index contributed by atoms with van der Waals surface area (Å²) in [6, 6.07) is 18.7. The zero-order valence-electron chi connectivity index (χ0n) is 17.2. The lowest BCUT2D eigenvalue weighted by Gasteiger charge is -2.15. The minimum Gasteiger partial charge on any atom is -0.441 e. The Kier molecular flexibility index (Phi) is 5.58. The highest BCUT2D eigenvalue weighted by Gasteiger charge is 2.14. The highest BCUT2D eigenvalue weighted by Crippen LogP contribution is 2.26. The van der Waals surface area contributed by atoms with Gasteiger partial charge >= 0.3 is 0 Å². The normalized spacial score (nSPS) is 11.3. The van der Waals surface area contributed by atoms with Gasteiger partial charge < -0.3 is 8.98 Å². The van der Waals surface area contributed by atoms with Crippen molar-refractivity contribution >= 4 is 0 Å². The van der Waals surface area contributed by atoms with E-state index in [0.29, 0.717) is 12.4 Å². The van der Waals surface area contributed by atoms with Gasteiger partial charge in [-0.05, 0) is 44.2 Å². The number of aromatic nitrogens is 3. The second-order valence-corrected chi connectivity index (χ2v) is 7.27. The minimum atomic E-state index is 0.667. The lowest BCUT2D eigenvalue weighted by molar-refractivity contribution is 0.300. The van der Waals surface area contributed by atoms with Gasteiger partial charge in [0.2, 0.25) is 5.89 Å². The number of hydrogen-bond acceptors (Lipinski definition) is 4. The van der Waals surface area contributed by atoms with Crippen LogP contribution in [0.5, 0.6) is 0 Å². The predicted molar refractivity (Wildman–Crippen MR) is 115 cm³/mol. The summed E-state index contributed by atoms with van der Waals surface area (Å²) in [6.45, 7) is 6.52. The van der Waals surface area contributed by atoms with Crippen LogP contribution in [0.3, 0.4) is 0 Å². The molecule has 0 saturated heterocycles. The lowest BCUT2D eigenvalue weighted by Crippen LogP contribution is -2.20. The molecule has 0 aliphatic rings. The number of oxazole rings is 1. The smallest absolute Gasteiger partial charge is 0.226 e. The van der Waals surface area contributed by atoms with Crippen molar-refractivity contribution in [3.63, 3.8) is 0 Å². The molecule has 4 rings (SSSR count). The van der Waals surface area contributed by atoms with Crippen molar-refractivity contribution in [2.75, 3.05) is 7.05 Å². The zero-order valence-corrected chi connectivity index (χ0v) is 17.2. The summed E-state index contributed by atoms with van der Waals surface area (Å²) in [7, 11) is 2.08. The summed E-state index contributed by atoms with van der Waals surface area (Å²) in [5, 5.41) is 0. The monoisotopic (exact) mass is 386 g/mol. The van der Waals surface area contributed by atoms with E-state index in [1.807, 2.05) is 25.4 Å². The maximum atomic E-state index is 5.97. The Labute approximate surface area is 171 Å². The number of rotatable bonds is 7. The van der Waals surface area contributed by atoms with Crippen LogP contribution >= 0.6 is 0 Å². The SMILES string of the molecule is CCn1ccnc1CN(C)Cc1nc(-c2ccc(-c3ccccc3)cc2)oc1C. The summed E-state index contributed by atoms with van der Waals surface area (Å²) in [4.78, 5) is 11.4. The lowest BCUT2D eigenvalue weighted by atomic mass is 10.0. The van der Waals surface area contributed by atoms with Gasteiger partial charge in [0, 0.05) is 31.0 Å². The van der Waals surface area contributed by atoms with Crippen molar-refractivity contribution in [3.8, 4) is 22.6 Å². The standard InChI is InChI=1S/C24H26N4O/c1-4-28-15-14-25-23(28)17-27(3)16-22-18(2)29-24(26-22)21-12-10-20(11-13-21)19-8-6-5-7-9-19/h5-15H,4,16-17H2,1-3H3. The van der Waals surface area contributed by atoms with E-state index in [1.165, 1.54) is 11.1 Å². The van der Waals surface area contributed by atoms with Crippen LogP contribution in [0.2, 0.25) is 0 Å². The summed E-state index contributed by atoms with van der Waals surface area (Å²) in [6.07, 6.45) is 3.87. The van der Waals surface area contributed by atoms with Gasteiger partial charge in [-0.15, -0.1) is 0 Å². The van der Waals surface area contributed by atoms with Crippen LogP contribution in [0.25, 0.3) is 22.6 Å². The molecule has 0 unspecified atom stereocenters. The number of benzene rings is 2. The molecule has 0 amide bonds. The molecule has 0 saturated carbocycles. The van der Waals surface area contributed by atoms with Crippen molar-refractivity contribution in [2.45, 2.75) is 33.5 Å². The fraction of sp³-hybridized carbons (Fsp3) is 0.250. The van der Waals surface area contributed by atoms with Crippen molar-refractivity contribution < 1.29 is 4.42 Å². The molecule has 148 valence electrons. The number of hydrogen-bond donors (Lipinski definition) is 0. The average Bonchev–Trinajstić information content (AvgIpc) is 3.35. The Balaban J connectivity index is 1.47. The summed E-state index contributed by atoms with van der Waals surface area (Å²) in [5.74, 6) is 2.59. The topological polar surface area (TPSA) is 47.1 Å². The van der Waals surface area contributed by atoms with Crippen LogP contribution in [-0.2, 0) is 19.6 Å². The first-order chi connectivity index (χ1) is 14.1. The van der Waals surface area contributed by atoms with Crippen LogP contribution in [-0.4, -0.2) is 26.5 Å². The highest BCUT2D eigenvalue weighted by molar-refractivity contribution is 5.67. The number of imidazole rings is 1. The van der Waals surface area contributed by atoms with Gasteiger partial charge in [0.1, 0.15) is 11.6 Å². The Bertz CT molecular complexity index is 1060. The first-order valence-electron chi connectivity index (χ1n) is 9.94. The van der Waals surface area contributed by atoms with Crippen molar-refractivity contribution in [1.82, 2.24) is 19.4 Å². The molecule has 2 heterocycles. The molecule has 2 aromatic heterocycles. The van der Waals surface area contributed by atoms with Crippen molar-refractivity contribution in [3.05, 3.63) is 84.3 Å². The van der Waals surface area contributed by atoms with E-state index in [-0.39, 0.29) is 0 Å². The molecule has 5 nitrogen and oxygen atoms in total. The summed E-state index contributed by atoms with van der Waals surface area (Å²) in [5.41, 5.74) is 4.34. The Morgan fingerprint density at radius 2 is 1.62 bits per heavy atom. The molecule has 5 heteroatoms. The van der Waals surface area contributed by atoms with Gasteiger partial charge in [-0.3, -0.25) is 4.90 Å². The molecule has 0 radical (unpaired) electrons. The van der Waals surface area contributed by atoms with Crippen LogP contribution < -0.4 is 0 Å². The summed E-state index contributed by atoms with van der Waals surface area (Å²) >= 11 is 0. The van der Waals surface area contributed by atoms with E-state index in [2.05, 4.69) is 77.0 Å². The second kappa shape index (κ2) is 8.45. The third kappa shape index (κ3) is 4.30. The van der Waals surface area contributed by atoms with Crippen molar-refractivity contribution in [2.24, 2.45) is 0 Å². The average molecular weight is 386 g/mol. The van der Waals surface area contributed by atoms with Gasteiger partial charge in [0.25, 0.3) is 0 Å². The zero-order chi connectivity index (χ0) is 20.2. The quantitative estimate of drug-likeness (QED) is 0.440. The number of nitrogens with zero attached hydrogens (tertiary/aromatic N) is 4. The molecular weight excluding hydrogens is 360 g/mol. The van der Waals surface area contributed by atoms with Crippen molar-refractivity contribution in [1.29, 1.82) is 0 Å². The molecule has 0 N–H and O–H groups in total. The largest absolute Gasteiger partial charge is 0.441 e. The molecule has 29 heavy (non-hydrogen) atoms. The number of aryl methyl sites for hydroxylation is 2. The van der Waals surface area contributed by atoms with Crippen LogP contribution in [0.4, 0.5) is 0 Å². The third-order valence-corrected chi connectivity index (χ3v) is 5.11. The van der Waals surface area contributed by atoms with Gasteiger partial charge in [-0.25, -0.2) is 9.97 Å². The molecule has 0 atom stereocenters. The molecular formula is C24H26N4O. The van der Waals surface area contributed by atoms with Crippen LogP contribution in [0.1, 0.15) is 24.2 Å². The molecule has 4 aromatic rings. The van der Waals surface area contributed by atoms with E-state index in [1.54, 1.807) is 0 Å². The van der Waals surface area contributed by atoms with Crippen LogP contribution in [0, 0.1) is 6.92 Å². The predicted octanol–water partition coefficient (Wildman–Crippen LogP) is 5.17. The van der Waals surface area contributed by atoms with E-state index in [9.17, 15) is 0 Å². The Hall–Kier alpha value is -3.18. The fourth-order valence-electron chi connectivity index (χ4n) is 3.47. The van der Waals surface area contributed by atoms with E-state index >= 15 is 0 Å². The summed E-state index contributed by atoms with van der Waals surface area (Å²) < 4.78 is 8.13. The Morgan fingerprint density at radius 3 is 2.34 bits per heavy atom. The Morgan fingerprint density at radius 1 is 0.931 bits per heavy atom. The van der Waals surface area contributed by atoms with E-state index in [4.69, 9.17) is 9.40 Å². The third-order valence-electron chi connectivity index (χ3n) is 5.11. The maximum absolute atomic E-state index is 5.97. The molecule has 0 spiro atoms. The molecule has 2 aromatic carbocycles. The molecule has 0 fully saturated rings. The van der Waals surface area contributed by atoms with Gasteiger partial charge in [0.15, 0.2) is 0 Å². The minimum absolute atomic E-state index is 0.667. The fourth-order valence-corrected chi connectivity index (χ4v) is 3.47. The molecule has 0 aliphatic heterocycles. The molecule has 0 aliphatic carbocycles. The highest BCUT2D eigenvalue weighted by atomic mass is 16.4. The van der Waals surface area contributed by atoms with Crippen LogP contribution in [0.15, 0.2) is 71.4 Å².